The summed E-state index contributed by atoms with van der Waals surface area (Å²) in [5.74, 6) is -0.724. The van der Waals surface area contributed by atoms with E-state index < -0.39 is 5.97 Å². The van der Waals surface area contributed by atoms with Crippen molar-refractivity contribution < 1.29 is 14.3 Å². The van der Waals surface area contributed by atoms with E-state index >= 15 is 0 Å². The number of rotatable bonds is 6. The van der Waals surface area contributed by atoms with Crippen LogP contribution in [-0.2, 0) is 4.74 Å². The van der Waals surface area contributed by atoms with Crippen LogP contribution in [0, 0.1) is 6.92 Å². The molecule has 0 aliphatic carbocycles. The summed E-state index contributed by atoms with van der Waals surface area (Å²) in [6, 6.07) is 9.33. The first-order valence-corrected chi connectivity index (χ1v) is 9.63. The second kappa shape index (κ2) is 8.20. The first kappa shape index (κ1) is 18.2. The minimum atomic E-state index is -0.442. The molecule has 3 aromatic rings. The third-order valence-electron chi connectivity index (χ3n) is 3.46. The molecule has 6 nitrogen and oxygen atoms in total. The number of carbonyl (C=O) groups excluding carboxylic acids is 2. The van der Waals surface area contributed by atoms with E-state index in [4.69, 9.17) is 4.74 Å². The molecule has 134 valence electrons. The number of hydrogen-bond donors (Lipinski definition) is 1. The van der Waals surface area contributed by atoms with Gasteiger partial charge in [0.05, 0.1) is 27.6 Å². The van der Waals surface area contributed by atoms with E-state index in [9.17, 15) is 9.59 Å². The van der Waals surface area contributed by atoms with Gasteiger partial charge in [-0.05, 0) is 19.4 Å². The van der Waals surface area contributed by atoms with Crippen molar-refractivity contribution in [1.29, 1.82) is 0 Å². The number of benzene rings is 1. The van der Waals surface area contributed by atoms with Crippen molar-refractivity contribution in [3.8, 4) is 10.4 Å². The first-order valence-electron chi connectivity index (χ1n) is 7.94. The molecule has 26 heavy (non-hydrogen) atoms. The number of aryl methyl sites for hydroxylation is 1. The van der Waals surface area contributed by atoms with Gasteiger partial charge in [-0.1, -0.05) is 30.3 Å². The molecule has 0 aliphatic heterocycles. The summed E-state index contributed by atoms with van der Waals surface area (Å²) in [6.07, 6.45) is 1.46. The van der Waals surface area contributed by atoms with Gasteiger partial charge in [0.2, 0.25) is 0 Å². The van der Waals surface area contributed by atoms with Crippen LogP contribution < -0.4 is 5.32 Å². The van der Waals surface area contributed by atoms with Crippen LogP contribution >= 0.6 is 22.7 Å². The lowest BCUT2D eigenvalue weighted by Gasteiger charge is -2.13. The van der Waals surface area contributed by atoms with E-state index in [1.165, 1.54) is 28.9 Å². The van der Waals surface area contributed by atoms with Gasteiger partial charge >= 0.3 is 5.97 Å². The molecule has 1 aromatic carbocycles. The Morgan fingerprint density at radius 3 is 2.73 bits per heavy atom. The third-order valence-corrected chi connectivity index (χ3v) is 5.23. The normalized spacial score (nSPS) is 11.8. The lowest BCUT2D eigenvalue weighted by atomic mass is 10.1. The smallest absolute Gasteiger partial charge is 0.350 e. The maximum atomic E-state index is 12.6. The summed E-state index contributed by atoms with van der Waals surface area (Å²) in [4.78, 5) is 33.9. The van der Waals surface area contributed by atoms with Gasteiger partial charge in [-0.2, -0.15) is 0 Å². The SMILES string of the molecule is Cc1nc(C(=O)NC(C)COC(=O)c2cncs2)c(-c2ccccc2)s1. The minimum Gasteiger partial charge on any atom is -0.459 e. The molecule has 0 radical (unpaired) electrons. The Kier molecular flexibility index (Phi) is 5.75. The van der Waals surface area contributed by atoms with Crippen molar-refractivity contribution in [3.05, 3.63) is 57.6 Å². The van der Waals surface area contributed by atoms with Gasteiger partial charge in [-0.25, -0.2) is 9.78 Å². The van der Waals surface area contributed by atoms with Crippen molar-refractivity contribution in [3.63, 3.8) is 0 Å². The zero-order valence-corrected chi connectivity index (χ0v) is 15.9. The molecule has 0 bridgehead atoms. The van der Waals surface area contributed by atoms with E-state index in [1.54, 1.807) is 12.4 Å². The fourth-order valence-corrected chi connectivity index (χ4v) is 3.72. The number of nitrogens with zero attached hydrogens (tertiary/aromatic N) is 2. The van der Waals surface area contributed by atoms with Crippen LogP contribution in [0.5, 0.6) is 0 Å². The Morgan fingerprint density at radius 1 is 1.27 bits per heavy atom. The van der Waals surface area contributed by atoms with Gasteiger partial charge in [-0.15, -0.1) is 22.7 Å². The van der Waals surface area contributed by atoms with E-state index in [2.05, 4.69) is 15.3 Å². The highest BCUT2D eigenvalue weighted by molar-refractivity contribution is 7.15. The molecule has 0 fully saturated rings. The van der Waals surface area contributed by atoms with E-state index in [-0.39, 0.29) is 18.6 Å². The predicted molar refractivity (Wildman–Crippen MR) is 102 cm³/mol. The van der Waals surface area contributed by atoms with Crippen molar-refractivity contribution >= 4 is 34.6 Å². The standard InChI is InChI=1S/C18H17N3O3S2/c1-11(9-24-18(23)14-8-19-10-25-14)20-17(22)15-16(26-12(2)21-15)13-6-4-3-5-7-13/h3-8,10-11H,9H2,1-2H3,(H,20,22). The highest BCUT2D eigenvalue weighted by Gasteiger charge is 2.20. The number of nitrogens with one attached hydrogen (secondary N) is 1. The largest absolute Gasteiger partial charge is 0.459 e. The molecule has 0 aliphatic rings. The molecule has 3 rings (SSSR count). The Balaban J connectivity index is 1.64. The monoisotopic (exact) mass is 387 g/mol. The average molecular weight is 387 g/mol. The lowest BCUT2D eigenvalue weighted by Crippen LogP contribution is -2.36. The number of hydrogen-bond acceptors (Lipinski definition) is 7. The number of ether oxygens (including phenoxy) is 1. The van der Waals surface area contributed by atoms with E-state index in [1.807, 2.05) is 37.3 Å². The van der Waals surface area contributed by atoms with Gasteiger partial charge in [0, 0.05) is 0 Å². The van der Waals surface area contributed by atoms with Crippen LogP contribution in [0.3, 0.4) is 0 Å². The number of esters is 1. The van der Waals surface area contributed by atoms with Crippen LogP contribution in [0.1, 0.15) is 32.1 Å². The highest BCUT2D eigenvalue weighted by Crippen LogP contribution is 2.30. The summed E-state index contributed by atoms with van der Waals surface area (Å²) in [6.45, 7) is 3.72. The molecule has 8 heteroatoms. The molecule has 0 saturated heterocycles. The molecular weight excluding hydrogens is 370 g/mol. The molecular formula is C18H17N3O3S2. The van der Waals surface area contributed by atoms with Gasteiger partial charge in [0.15, 0.2) is 0 Å². The fraction of sp³-hybridized carbons (Fsp3) is 0.222. The predicted octanol–water partition coefficient (Wildman–Crippen LogP) is 3.55. The van der Waals surface area contributed by atoms with Gasteiger partial charge in [0.25, 0.3) is 5.91 Å². The minimum absolute atomic E-state index is 0.0757. The molecule has 0 saturated carbocycles. The Labute approximate surface area is 158 Å². The van der Waals surface area contributed by atoms with Crippen LogP contribution in [-0.4, -0.2) is 34.5 Å². The van der Waals surface area contributed by atoms with Crippen LogP contribution in [0.25, 0.3) is 10.4 Å². The summed E-state index contributed by atoms with van der Waals surface area (Å²) in [5.41, 5.74) is 2.91. The number of amides is 1. The Hall–Kier alpha value is -2.58. The number of thiazole rings is 2. The summed E-state index contributed by atoms with van der Waals surface area (Å²) in [5, 5.41) is 3.65. The van der Waals surface area contributed by atoms with E-state index in [0.29, 0.717) is 10.6 Å². The zero-order chi connectivity index (χ0) is 18.5. The van der Waals surface area contributed by atoms with Crippen LogP contribution in [0.15, 0.2) is 42.0 Å². The molecule has 2 aromatic heterocycles. The molecule has 1 atom stereocenters. The fourth-order valence-electron chi connectivity index (χ4n) is 2.29. The number of carbonyl (C=O) groups is 2. The second-order valence-electron chi connectivity index (χ2n) is 5.62. The second-order valence-corrected chi connectivity index (χ2v) is 7.70. The van der Waals surface area contributed by atoms with Gasteiger partial charge in [0.1, 0.15) is 17.2 Å². The van der Waals surface area contributed by atoms with Crippen LogP contribution in [0.2, 0.25) is 0 Å². The summed E-state index contributed by atoms with van der Waals surface area (Å²) in [7, 11) is 0. The van der Waals surface area contributed by atoms with Crippen molar-refractivity contribution in [2.75, 3.05) is 6.61 Å². The summed E-state index contributed by atoms with van der Waals surface area (Å²) >= 11 is 2.69. The van der Waals surface area contributed by atoms with Crippen molar-refractivity contribution in [2.45, 2.75) is 19.9 Å². The van der Waals surface area contributed by atoms with Crippen molar-refractivity contribution in [2.24, 2.45) is 0 Å². The topological polar surface area (TPSA) is 81.2 Å². The zero-order valence-electron chi connectivity index (χ0n) is 14.3. The molecule has 1 amide bonds. The molecule has 2 heterocycles. The lowest BCUT2D eigenvalue weighted by molar-refractivity contribution is 0.0470. The maximum absolute atomic E-state index is 12.6. The third kappa shape index (κ3) is 4.33. The Bertz CT molecular complexity index is 892. The first-order chi connectivity index (χ1) is 12.5. The van der Waals surface area contributed by atoms with Gasteiger partial charge in [-0.3, -0.25) is 9.78 Å². The van der Waals surface area contributed by atoms with Gasteiger partial charge < -0.3 is 10.1 Å². The van der Waals surface area contributed by atoms with E-state index in [0.717, 1.165) is 15.4 Å². The Morgan fingerprint density at radius 2 is 2.04 bits per heavy atom. The molecule has 1 N–H and O–H groups in total. The van der Waals surface area contributed by atoms with Crippen LogP contribution in [0.4, 0.5) is 0 Å². The molecule has 1 unspecified atom stereocenters. The highest BCUT2D eigenvalue weighted by atomic mass is 32.1. The number of aromatic nitrogens is 2. The molecule has 0 spiro atoms. The summed E-state index contributed by atoms with van der Waals surface area (Å²) < 4.78 is 5.20. The average Bonchev–Trinajstić information content (AvgIpc) is 3.30. The van der Waals surface area contributed by atoms with Crippen molar-refractivity contribution in [1.82, 2.24) is 15.3 Å². The maximum Gasteiger partial charge on any atom is 0.350 e. The quantitative estimate of drug-likeness (QED) is 0.654.